The molecule has 0 saturated carbocycles. The van der Waals surface area contributed by atoms with Crippen molar-refractivity contribution in [3.63, 3.8) is 0 Å². The number of carboxylic acids is 2. The van der Waals surface area contributed by atoms with Crippen molar-refractivity contribution in [3.8, 4) is 0 Å². The van der Waals surface area contributed by atoms with Crippen LogP contribution in [0.3, 0.4) is 0 Å². The van der Waals surface area contributed by atoms with Crippen LogP contribution in [0.2, 0.25) is 0 Å². The first kappa shape index (κ1) is 33.8. The van der Waals surface area contributed by atoms with Gasteiger partial charge in [-0.15, -0.1) is 0 Å². The van der Waals surface area contributed by atoms with E-state index in [1.807, 2.05) is 27.7 Å². The van der Waals surface area contributed by atoms with Crippen molar-refractivity contribution >= 4 is 35.1 Å². The molecular weight excluding hydrogens is 456 g/mol. The Hall–Kier alpha value is -1.86. The number of rotatable bonds is 12. The molecule has 0 rings (SSSR count). The van der Waals surface area contributed by atoms with Crippen LogP contribution in [0.4, 0.5) is 0 Å². The summed E-state index contributed by atoms with van der Waals surface area (Å²) in [6.07, 6.45) is 0.0812. The van der Waals surface area contributed by atoms with Crippen molar-refractivity contribution < 1.29 is 56.0 Å². The average Bonchev–Trinajstić information content (AvgIpc) is 2.52. The first-order chi connectivity index (χ1) is 13.3. The Morgan fingerprint density at radius 2 is 0.839 bits per heavy atom. The van der Waals surface area contributed by atoms with Gasteiger partial charge in [-0.2, -0.15) is 0 Å². The number of hydrogen-bond donors (Lipinski definition) is 2. The molecular formula is C22H36CuO8. The molecule has 0 aliphatic heterocycles. The molecule has 8 nitrogen and oxygen atoms in total. The monoisotopic (exact) mass is 491 g/mol. The van der Waals surface area contributed by atoms with Crippen LogP contribution in [-0.4, -0.2) is 45.3 Å². The van der Waals surface area contributed by atoms with Gasteiger partial charge in [0.15, 0.2) is 11.6 Å². The van der Waals surface area contributed by atoms with Crippen molar-refractivity contribution in [2.24, 2.45) is 22.7 Å². The Kier molecular flexibility index (Phi) is 15.5. The predicted octanol–water partition coefficient (Wildman–Crippen LogP) is 3.34. The van der Waals surface area contributed by atoms with E-state index in [1.54, 1.807) is 0 Å². The van der Waals surface area contributed by atoms with Gasteiger partial charge in [0.1, 0.15) is 22.4 Å². The summed E-state index contributed by atoms with van der Waals surface area (Å²) >= 11 is 0. The van der Waals surface area contributed by atoms with Gasteiger partial charge in [-0.3, -0.25) is 28.8 Å². The van der Waals surface area contributed by atoms with E-state index in [2.05, 4.69) is 0 Å². The number of aliphatic carboxylic acids is 2. The molecule has 0 aromatic carbocycles. The van der Waals surface area contributed by atoms with E-state index >= 15 is 0 Å². The molecule has 9 heteroatoms. The van der Waals surface area contributed by atoms with Gasteiger partial charge in [-0.1, -0.05) is 27.7 Å². The van der Waals surface area contributed by atoms with Crippen LogP contribution in [0.25, 0.3) is 0 Å². The minimum Gasteiger partial charge on any atom is -0.481 e. The molecule has 2 N–H and O–H groups in total. The Balaban J connectivity index is -0.000000490. The number of carboxylic acid groups (broad SMARTS) is 2. The second-order valence-electron chi connectivity index (χ2n) is 9.33. The number of hydrogen-bond acceptors (Lipinski definition) is 6. The number of ketones is 4. The van der Waals surface area contributed by atoms with Crippen LogP contribution in [0.15, 0.2) is 0 Å². The van der Waals surface area contributed by atoms with Gasteiger partial charge >= 0.3 is 11.9 Å². The quantitative estimate of drug-likeness (QED) is 0.312. The third-order valence-electron chi connectivity index (χ3n) is 4.45. The van der Waals surface area contributed by atoms with Gasteiger partial charge in [0.25, 0.3) is 0 Å². The first-order valence-electron chi connectivity index (χ1n) is 9.92. The molecule has 0 amide bonds. The zero-order valence-electron chi connectivity index (χ0n) is 19.6. The molecule has 0 saturated heterocycles. The fourth-order valence-electron chi connectivity index (χ4n) is 2.09. The molecule has 0 bridgehead atoms. The fourth-order valence-corrected chi connectivity index (χ4v) is 2.09. The standard InChI is InChI=1S/2C11H18O4.Cu/c2*1-7(2)5-8(12)6-9(13)11(3,4)10(14)15;/h2*7H,5-6H2,1-4H3,(H,14,15);. The summed E-state index contributed by atoms with van der Waals surface area (Å²) < 4.78 is 0. The maximum Gasteiger partial charge on any atom is 0.316 e. The second kappa shape index (κ2) is 14.2. The molecule has 0 atom stereocenters. The summed E-state index contributed by atoms with van der Waals surface area (Å²) in [5.74, 6) is -3.43. The summed E-state index contributed by atoms with van der Waals surface area (Å²) in [6.45, 7) is 12.8. The van der Waals surface area contributed by atoms with Crippen molar-refractivity contribution in [2.75, 3.05) is 0 Å². The van der Waals surface area contributed by atoms with Crippen molar-refractivity contribution in [2.45, 2.75) is 81.1 Å². The molecule has 0 unspecified atom stereocenters. The van der Waals surface area contributed by atoms with Crippen molar-refractivity contribution in [3.05, 3.63) is 0 Å². The van der Waals surface area contributed by atoms with E-state index in [1.165, 1.54) is 27.7 Å². The van der Waals surface area contributed by atoms with Gasteiger partial charge < -0.3 is 10.2 Å². The third kappa shape index (κ3) is 13.2. The Morgan fingerprint density at radius 1 is 0.613 bits per heavy atom. The van der Waals surface area contributed by atoms with Gasteiger partial charge in [0, 0.05) is 29.9 Å². The van der Waals surface area contributed by atoms with Gasteiger partial charge in [0.05, 0.1) is 12.8 Å². The van der Waals surface area contributed by atoms with Crippen LogP contribution in [-0.2, 0) is 45.8 Å². The smallest absolute Gasteiger partial charge is 0.316 e. The summed E-state index contributed by atoms with van der Waals surface area (Å²) in [5.41, 5.74) is -2.93. The predicted molar refractivity (Wildman–Crippen MR) is 111 cm³/mol. The molecule has 31 heavy (non-hydrogen) atoms. The van der Waals surface area contributed by atoms with Crippen LogP contribution >= 0.6 is 0 Å². The minimum absolute atomic E-state index is 0. The molecule has 1 radical (unpaired) electrons. The summed E-state index contributed by atoms with van der Waals surface area (Å²) in [5, 5.41) is 17.5. The van der Waals surface area contributed by atoms with Crippen molar-refractivity contribution in [1.82, 2.24) is 0 Å². The SMILES string of the molecule is CC(C)CC(=O)CC(=O)C(C)(C)C(=O)O.CC(C)CC(=O)CC(=O)C(C)(C)C(=O)O.[Cu]. The van der Waals surface area contributed by atoms with Gasteiger partial charge in [-0.05, 0) is 39.5 Å². The van der Waals surface area contributed by atoms with Crippen molar-refractivity contribution in [1.29, 1.82) is 0 Å². The average molecular weight is 492 g/mol. The molecule has 183 valence electrons. The third-order valence-corrected chi connectivity index (χ3v) is 4.45. The molecule has 0 aromatic heterocycles. The zero-order chi connectivity index (χ0) is 24.4. The molecule has 0 aromatic rings. The second-order valence-corrected chi connectivity index (χ2v) is 9.33. The topological polar surface area (TPSA) is 143 Å². The zero-order valence-corrected chi connectivity index (χ0v) is 20.6. The normalized spacial score (nSPS) is 11.2. The summed E-state index contributed by atoms with van der Waals surface area (Å²) in [4.78, 5) is 67.1. The Bertz CT molecular complexity index is 617. The maximum atomic E-state index is 11.5. The van der Waals surface area contributed by atoms with E-state index < -0.39 is 34.3 Å². The molecule has 0 spiro atoms. The molecule has 0 fully saturated rings. The fraction of sp³-hybridized carbons (Fsp3) is 0.727. The van der Waals surface area contributed by atoms with Crippen LogP contribution in [0.5, 0.6) is 0 Å². The molecule has 0 aliphatic rings. The molecule has 0 heterocycles. The minimum atomic E-state index is -1.47. The van der Waals surface area contributed by atoms with Gasteiger partial charge in [0.2, 0.25) is 0 Å². The van der Waals surface area contributed by atoms with E-state index in [0.29, 0.717) is 12.8 Å². The van der Waals surface area contributed by atoms with E-state index in [4.69, 9.17) is 10.2 Å². The maximum absolute atomic E-state index is 11.5. The first-order valence-corrected chi connectivity index (χ1v) is 9.92. The van der Waals surface area contributed by atoms with E-state index in [0.717, 1.165) is 0 Å². The number of carbonyl (C=O) groups is 6. The number of carbonyl (C=O) groups excluding carboxylic acids is 4. The Morgan fingerprint density at radius 3 is 1.00 bits per heavy atom. The summed E-state index contributed by atoms with van der Waals surface area (Å²) in [6, 6.07) is 0. The van der Waals surface area contributed by atoms with Crippen LogP contribution in [0.1, 0.15) is 81.1 Å². The largest absolute Gasteiger partial charge is 0.481 e. The van der Waals surface area contributed by atoms with Crippen LogP contribution in [0, 0.1) is 22.7 Å². The van der Waals surface area contributed by atoms with E-state index in [-0.39, 0.29) is 53.3 Å². The van der Waals surface area contributed by atoms with Crippen LogP contribution < -0.4 is 0 Å². The van der Waals surface area contributed by atoms with Gasteiger partial charge in [-0.25, -0.2) is 0 Å². The Labute approximate surface area is 195 Å². The molecule has 0 aliphatic carbocycles. The summed E-state index contributed by atoms with van der Waals surface area (Å²) in [7, 11) is 0. The number of Topliss-reactive ketones (excluding diaryl/α,β-unsaturated/α-hetero) is 4. The van der Waals surface area contributed by atoms with E-state index in [9.17, 15) is 28.8 Å².